The predicted octanol–water partition coefficient (Wildman–Crippen LogP) is 3.36. The molecule has 0 saturated heterocycles. The molecule has 140 valence electrons. The molecule has 0 bridgehead atoms. The molecule has 0 saturated carbocycles. The lowest BCUT2D eigenvalue weighted by Gasteiger charge is -2.29. The number of H-pyrrole nitrogens is 1. The van der Waals surface area contributed by atoms with Gasteiger partial charge in [0.15, 0.2) is 5.16 Å². The van der Waals surface area contributed by atoms with E-state index >= 15 is 0 Å². The first-order valence-corrected chi connectivity index (χ1v) is 9.46. The number of nitrogens with one attached hydrogen (secondary N) is 2. The van der Waals surface area contributed by atoms with Gasteiger partial charge in [-0.3, -0.25) is 4.79 Å². The average Bonchev–Trinajstić information content (AvgIpc) is 2.65. The van der Waals surface area contributed by atoms with Gasteiger partial charge < -0.3 is 15.0 Å². The lowest BCUT2D eigenvalue weighted by Crippen LogP contribution is -2.31. The SMILES string of the molecule is C=CCSc1nc2c(c(=O)[nH]1)C(c1ccccc1C)C(C(=O)OC)=C(C)N2. The van der Waals surface area contributed by atoms with Gasteiger partial charge in [0.1, 0.15) is 5.82 Å². The van der Waals surface area contributed by atoms with Gasteiger partial charge >= 0.3 is 5.97 Å². The topological polar surface area (TPSA) is 84.1 Å². The molecule has 1 atom stereocenters. The molecule has 0 amide bonds. The molecule has 1 aromatic heterocycles. The van der Waals surface area contributed by atoms with Crippen molar-refractivity contribution in [2.75, 3.05) is 18.2 Å². The fourth-order valence-corrected chi connectivity index (χ4v) is 3.84. The van der Waals surface area contributed by atoms with Gasteiger partial charge in [0, 0.05) is 11.4 Å². The number of carbonyl (C=O) groups excluding carboxylic acids is 1. The zero-order valence-electron chi connectivity index (χ0n) is 15.5. The Bertz CT molecular complexity index is 994. The minimum absolute atomic E-state index is 0.277. The largest absolute Gasteiger partial charge is 0.466 e. The van der Waals surface area contributed by atoms with Crippen molar-refractivity contribution < 1.29 is 9.53 Å². The number of anilines is 1. The fraction of sp³-hybridized carbons (Fsp3) is 0.250. The van der Waals surface area contributed by atoms with Crippen molar-refractivity contribution in [2.45, 2.75) is 24.9 Å². The minimum Gasteiger partial charge on any atom is -0.466 e. The molecule has 0 fully saturated rings. The van der Waals surface area contributed by atoms with E-state index in [0.29, 0.717) is 33.6 Å². The maximum Gasteiger partial charge on any atom is 0.336 e. The van der Waals surface area contributed by atoms with Crippen LogP contribution in [0, 0.1) is 6.92 Å². The summed E-state index contributed by atoms with van der Waals surface area (Å²) in [6, 6.07) is 7.69. The number of hydrogen-bond acceptors (Lipinski definition) is 6. The number of carbonyl (C=O) groups is 1. The molecule has 3 rings (SSSR count). The number of aromatic amines is 1. The van der Waals surface area contributed by atoms with Crippen LogP contribution in [-0.4, -0.2) is 28.8 Å². The van der Waals surface area contributed by atoms with Crippen molar-refractivity contribution in [3.63, 3.8) is 0 Å². The van der Waals surface area contributed by atoms with Gasteiger partial charge in [-0.25, -0.2) is 9.78 Å². The molecule has 1 aromatic carbocycles. The van der Waals surface area contributed by atoms with Gasteiger partial charge in [-0.05, 0) is 25.0 Å². The van der Waals surface area contributed by atoms with Gasteiger partial charge in [-0.1, -0.05) is 42.1 Å². The molecule has 0 radical (unpaired) electrons. The summed E-state index contributed by atoms with van der Waals surface area (Å²) in [6.45, 7) is 7.43. The summed E-state index contributed by atoms with van der Waals surface area (Å²) >= 11 is 1.39. The number of benzene rings is 1. The monoisotopic (exact) mass is 383 g/mol. The van der Waals surface area contributed by atoms with Gasteiger partial charge in [-0.2, -0.15) is 0 Å². The maximum atomic E-state index is 13.0. The highest BCUT2D eigenvalue weighted by atomic mass is 32.2. The van der Waals surface area contributed by atoms with Crippen LogP contribution in [0.4, 0.5) is 5.82 Å². The summed E-state index contributed by atoms with van der Waals surface area (Å²) in [5, 5.41) is 3.61. The van der Waals surface area contributed by atoms with Crippen LogP contribution in [0.1, 0.15) is 29.5 Å². The van der Waals surface area contributed by atoms with Crippen LogP contribution in [0.2, 0.25) is 0 Å². The molecule has 2 N–H and O–H groups in total. The van der Waals surface area contributed by atoms with Crippen molar-refractivity contribution in [2.24, 2.45) is 0 Å². The molecule has 0 aliphatic carbocycles. The van der Waals surface area contributed by atoms with Gasteiger partial charge in [-0.15, -0.1) is 6.58 Å². The Morgan fingerprint density at radius 2 is 2.11 bits per heavy atom. The Morgan fingerprint density at radius 1 is 1.37 bits per heavy atom. The molecule has 1 aliphatic heterocycles. The Morgan fingerprint density at radius 3 is 2.78 bits per heavy atom. The van der Waals surface area contributed by atoms with Crippen molar-refractivity contribution in [3.05, 3.63) is 75.2 Å². The summed E-state index contributed by atoms with van der Waals surface area (Å²) in [6.07, 6.45) is 1.74. The highest BCUT2D eigenvalue weighted by Gasteiger charge is 2.36. The molecule has 27 heavy (non-hydrogen) atoms. The van der Waals surface area contributed by atoms with Crippen molar-refractivity contribution in [1.82, 2.24) is 9.97 Å². The first kappa shape index (κ1) is 19.0. The molecule has 2 aromatic rings. The van der Waals surface area contributed by atoms with E-state index in [1.165, 1.54) is 18.9 Å². The second-order valence-corrected chi connectivity index (χ2v) is 7.19. The number of methoxy groups -OCH3 is 1. The Hall–Kier alpha value is -2.80. The summed E-state index contributed by atoms with van der Waals surface area (Å²) in [4.78, 5) is 32.9. The number of ether oxygens (including phenoxy) is 1. The summed E-state index contributed by atoms with van der Waals surface area (Å²) in [5.74, 6) is 0.0716. The number of aromatic nitrogens is 2. The zero-order valence-corrected chi connectivity index (χ0v) is 16.3. The van der Waals surface area contributed by atoms with E-state index in [-0.39, 0.29) is 5.56 Å². The smallest absolute Gasteiger partial charge is 0.336 e. The number of fused-ring (bicyclic) bond motifs is 1. The lowest BCUT2D eigenvalue weighted by molar-refractivity contribution is -0.136. The molecule has 0 spiro atoms. The molecule has 6 nitrogen and oxygen atoms in total. The molecule has 1 aliphatic rings. The van der Waals surface area contributed by atoms with E-state index in [4.69, 9.17) is 4.74 Å². The third kappa shape index (κ3) is 3.55. The molecule has 7 heteroatoms. The summed E-state index contributed by atoms with van der Waals surface area (Å²) in [7, 11) is 1.34. The number of hydrogen-bond donors (Lipinski definition) is 2. The highest BCUT2D eigenvalue weighted by molar-refractivity contribution is 7.99. The van der Waals surface area contributed by atoms with Crippen LogP contribution in [0.3, 0.4) is 0 Å². The van der Waals surface area contributed by atoms with E-state index in [9.17, 15) is 9.59 Å². The number of allylic oxidation sites excluding steroid dienone is 1. The second kappa shape index (κ2) is 7.84. The predicted molar refractivity (Wildman–Crippen MR) is 107 cm³/mol. The van der Waals surface area contributed by atoms with Crippen molar-refractivity contribution in [3.8, 4) is 0 Å². The standard InChI is InChI=1S/C20H21N3O3S/c1-5-10-27-20-22-17-16(18(24)23-20)15(13-9-7-6-8-11(13)2)14(12(3)21-17)19(25)26-4/h5-9,15H,1,10H2,2-4H3,(H2,21,22,23,24). The first-order chi connectivity index (χ1) is 13.0. The van der Waals surface area contributed by atoms with Gasteiger partial charge in [0.25, 0.3) is 5.56 Å². The van der Waals surface area contributed by atoms with E-state index in [0.717, 1.165) is 11.1 Å². The molecular formula is C20H21N3O3S. The Kier molecular flexibility index (Phi) is 5.51. The summed E-state index contributed by atoms with van der Waals surface area (Å²) < 4.78 is 5.00. The van der Waals surface area contributed by atoms with Crippen LogP contribution in [0.25, 0.3) is 0 Å². The quantitative estimate of drug-likeness (QED) is 0.356. The number of rotatable bonds is 5. The second-order valence-electron chi connectivity index (χ2n) is 6.18. The van der Waals surface area contributed by atoms with E-state index < -0.39 is 11.9 Å². The normalized spacial score (nSPS) is 15.7. The van der Waals surface area contributed by atoms with Gasteiger partial charge in [0.2, 0.25) is 0 Å². The van der Waals surface area contributed by atoms with Crippen LogP contribution < -0.4 is 10.9 Å². The van der Waals surface area contributed by atoms with E-state index in [1.54, 1.807) is 13.0 Å². The van der Waals surface area contributed by atoms with E-state index in [2.05, 4.69) is 21.9 Å². The molecule has 2 heterocycles. The average molecular weight is 383 g/mol. The van der Waals surface area contributed by atoms with E-state index in [1.807, 2.05) is 31.2 Å². The van der Waals surface area contributed by atoms with Crippen LogP contribution in [-0.2, 0) is 9.53 Å². The molecular weight excluding hydrogens is 362 g/mol. The van der Waals surface area contributed by atoms with Crippen LogP contribution >= 0.6 is 11.8 Å². The summed E-state index contributed by atoms with van der Waals surface area (Å²) in [5.41, 5.74) is 3.03. The maximum absolute atomic E-state index is 13.0. The number of aryl methyl sites for hydroxylation is 1. The first-order valence-electron chi connectivity index (χ1n) is 8.47. The molecule has 1 unspecified atom stereocenters. The third-order valence-corrected chi connectivity index (χ3v) is 5.33. The van der Waals surface area contributed by atoms with Crippen LogP contribution in [0.15, 0.2) is 58.1 Å². The number of esters is 1. The number of thioether (sulfide) groups is 1. The number of nitrogens with zero attached hydrogens (tertiary/aromatic N) is 1. The van der Waals surface area contributed by atoms with Crippen molar-refractivity contribution >= 4 is 23.5 Å². The zero-order chi connectivity index (χ0) is 19.6. The van der Waals surface area contributed by atoms with Crippen LogP contribution in [0.5, 0.6) is 0 Å². The Labute approximate surface area is 161 Å². The van der Waals surface area contributed by atoms with Crippen molar-refractivity contribution in [1.29, 1.82) is 0 Å². The third-order valence-electron chi connectivity index (χ3n) is 4.46. The fourth-order valence-electron chi connectivity index (χ4n) is 3.24. The minimum atomic E-state index is -0.551. The highest BCUT2D eigenvalue weighted by Crippen LogP contribution is 2.41. The Balaban J connectivity index is 2.25. The lowest BCUT2D eigenvalue weighted by atomic mass is 9.80. The van der Waals surface area contributed by atoms with Gasteiger partial charge in [0.05, 0.1) is 24.2 Å².